The molecule has 0 saturated carbocycles. The zero-order chi connectivity index (χ0) is 14.3. The van der Waals surface area contributed by atoms with Crippen molar-refractivity contribution in [1.29, 1.82) is 0 Å². The summed E-state index contributed by atoms with van der Waals surface area (Å²) in [6.07, 6.45) is 3.94. The van der Waals surface area contributed by atoms with Crippen LogP contribution >= 0.6 is 0 Å². The van der Waals surface area contributed by atoms with Crippen LogP contribution in [0.1, 0.15) is 39.8 Å². The summed E-state index contributed by atoms with van der Waals surface area (Å²) in [4.78, 5) is 0. The molecule has 1 aromatic heterocycles. The first-order valence-corrected chi connectivity index (χ1v) is 7.37. The number of methoxy groups -OCH3 is 1. The van der Waals surface area contributed by atoms with Crippen LogP contribution in [-0.2, 0) is 13.0 Å². The van der Waals surface area contributed by atoms with Crippen LogP contribution in [0.5, 0.6) is 5.75 Å². The van der Waals surface area contributed by atoms with Crippen molar-refractivity contribution in [1.82, 2.24) is 15.1 Å². The minimum absolute atomic E-state index is 0.583. The highest BCUT2D eigenvalue weighted by Gasteiger charge is 2.14. The van der Waals surface area contributed by atoms with Gasteiger partial charge in [-0.05, 0) is 37.8 Å². The lowest BCUT2D eigenvalue weighted by atomic mass is 10.0. The minimum Gasteiger partial charge on any atom is -0.493 e. The van der Waals surface area contributed by atoms with E-state index in [0.29, 0.717) is 11.8 Å². The molecule has 1 unspecified atom stereocenters. The predicted octanol–water partition coefficient (Wildman–Crippen LogP) is 2.73. The van der Waals surface area contributed by atoms with Crippen molar-refractivity contribution in [3.05, 3.63) is 11.9 Å². The molecule has 0 radical (unpaired) electrons. The second-order valence-electron chi connectivity index (χ2n) is 5.74. The molecular weight excluding hydrogens is 238 g/mol. The lowest BCUT2D eigenvalue weighted by Crippen LogP contribution is -2.26. The van der Waals surface area contributed by atoms with Crippen LogP contribution in [-0.4, -0.2) is 30.0 Å². The summed E-state index contributed by atoms with van der Waals surface area (Å²) in [7, 11) is 1.72. The van der Waals surface area contributed by atoms with E-state index in [1.807, 2.05) is 6.20 Å². The Hall–Kier alpha value is -1.03. The average Bonchev–Trinajstić information content (AvgIpc) is 2.72. The first-order chi connectivity index (χ1) is 9.08. The summed E-state index contributed by atoms with van der Waals surface area (Å²) in [6.45, 7) is 12.0. The molecule has 0 aromatic carbocycles. The van der Waals surface area contributed by atoms with Gasteiger partial charge in [-0.3, -0.25) is 4.68 Å². The fraction of sp³-hybridized carbons (Fsp3) is 0.800. The number of aromatic nitrogens is 2. The van der Waals surface area contributed by atoms with Crippen molar-refractivity contribution < 1.29 is 4.74 Å². The Morgan fingerprint density at radius 1 is 1.32 bits per heavy atom. The van der Waals surface area contributed by atoms with Gasteiger partial charge < -0.3 is 10.1 Å². The van der Waals surface area contributed by atoms with Crippen LogP contribution in [0.4, 0.5) is 0 Å². The van der Waals surface area contributed by atoms with E-state index in [2.05, 4.69) is 42.8 Å². The Morgan fingerprint density at radius 2 is 2.05 bits per heavy atom. The van der Waals surface area contributed by atoms with Gasteiger partial charge in [0.25, 0.3) is 0 Å². The molecule has 1 rings (SSSR count). The number of hydrogen-bond donors (Lipinski definition) is 1. The van der Waals surface area contributed by atoms with Crippen molar-refractivity contribution in [2.75, 3.05) is 20.2 Å². The first-order valence-electron chi connectivity index (χ1n) is 7.37. The molecule has 0 amide bonds. The summed E-state index contributed by atoms with van der Waals surface area (Å²) in [5.41, 5.74) is 1.23. The Balaban J connectivity index is 2.56. The fourth-order valence-corrected chi connectivity index (χ4v) is 2.20. The molecule has 19 heavy (non-hydrogen) atoms. The zero-order valence-electron chi connectivity index (χ0n) is 13.1. The molecule has 0 bridgehead atoms. The number of aryl methyl sites for hydroxylation is 1. The number of ether oxygens (including phenoxy) is 1. The molecule has 0 saturated heterocycles. The van der Waals surface area contributed by atoms with Crippen LogP contribution in [0, 0.1) is 11.8 Å². The monoisotopic (exact) mass is 267 g/mol. The number of rotatable bonds is 9. The predicted molar refractivity (Wildman–Crippen MR) is 79.6 cm³/mol. The van der Waals surface area contributed by atoms with Crippen LogP contribution in [0.25, 0.3) is 0 Å². The number of hydrogen-bond acceptors (Lipinski definition) is 3. The van der Waals surface area contributed by atoms with Gasteiger partial charge >= 0.3 is 0 Å². The Morgan fingerprint density at radius 3 is 2.63 bits per heavy atom. The lowest BCUT2D eigenvalue weighted by molar-refractivity contribution is 0.396. The first kappa shape index (κ1) is 16.0. The maximum Gasteiger partial charge on any atom is 0.159 e. The molecule has 0 aliphatic heterocycles. The lowest BCUT2D eigenvalue weighted by Gasteiger charge is -2.15. The van der Waals surface area contributed by atoms with Crippen LogP contribution in [0.2, 0.25) is 0 Å². The topological polar surface area (TPSA) is 39.1 Å². The molecule has 1 aromatic rings. The van der Waals surface area contributed by atoms with Gasteiger partial charge in [0.15, 0.2) is 5.75 Å². The smallest absolute Gasteiger partial charge is 0.159 e. The van der Waals surface area contributed by atoms with Gasteiger partial charge in [-0.25, -0.2) is 0 Å². The van der Waals surface area contributed by atoms with E-state index < -0.39 is 0 Å². The van der Waals surface area contributed by atoms with Crippen LogP contribution in [0.3, 0.4) is 0 Å². The largest absolute Gasteiger partial charge is 0.493 e. The quantitative estimate of drug-likeness (QED) is 0.748. The standard InChI is InChI=1S/C15H29N3O/c1-6-7-18-14(15(19-5)11-17-18)8-13(4)10-16-9-12(2)3/h11-13,16H,6-10H2,1-5H3. The Kier molecular flexibility index (Phi) is 6.92. The summed E-state index contributed by atoms with van der Waals surface area (Å²) < 4.78 is 7.49. The van der Waals surface area contributed by atoms with Gasteiger partial charge in [0.1, 0.15) is 0 Å². The molecule has 1 N–H and O–H groups in total. The van der Waals surface area contributed by atoms with E-state index in [9.17, 15) is 0 Å². The van der Waals surface area contributed by atoms with Gasteiger partial charge in [0, 0.05) is 6.54 Å². The maximum atomic E-state index is 5.41. The van der Waals surface area contributed by atoms with E-state index in [0.717, 1.165) is 38.2 Å². The fourth-order valence-electron chi connectivity index (χ4n) is 2.20. The van der Waals surface area contributed by atoms with Crippen molar-refractivity contribution >= 4 is 0 Å². The van der Waals surface area contributed by atoms with Crippen LogP contribution < -0.4 is 10.1 Å². The summed E-state index contributed by atoms with van der Waals surface area (Å²) in [6, 6.07) is 0. The van der Waals surface area contributed by atoms with E-state index in [1.165, 1.54) is 5.69 Å². The van der Waals surface area contributed by atoms with Crippen molar-refractivity contribution in [2.45, 2.75) is 47.1 Å². The normalized spacial score (nSPS) is 12.9. The molecule has 0 aliphatic carbocycles. The third kappa shape index (κ3) is 5.23. The van der Waals surface area contributed by atoms with E-state index in [1.54, 1.807) is 7.11 Å². The average molecular weight is 267 g/mol. The van der Waals surface area contributed by atoms with E-state index in [4.69, 9.17) is 4.74 Å². The molecule has 110 valence electrons. The third-order valence-electron chi connectivity index (χ3n) is 3.15. The van der Waals surface area contributed by atoms with E-state index >= 15 is 0 Å². The highest BCUT2D eigenvalue weighted by molar-refractivity contribution is 5.25. The zero-order valence-corrected chi connectivity index (χ0v) is 13.1. The highest BCUT2D eigenvalue weighted by atomic mass is 16.5. The summed E-state index contributed by atoms with van der Waals surface area (Å²) >= 11 is 0. The van der Waals surface area contributed by atoms with Crippen LogP contribution in [0.15, 0.2) is 6.20 Å². The van der Waals surface area contributed by atoms with Gasteiger partial charge in [-0.1, -0.05) is 27.7 Å². The highest BCUT2D eigenvalue weighted by Crippen LogP contribution is 2.21. The molecule has 0 spiro atoms. The molecular formula is C15H29N3O. The van der Waals surface area contributed by atoms with Crippen molar-refractivity contribution in [3.63, 3.8) is 0 Å². The summed E-state index contributed by atoms with van der Waals surface area (Å²) in [5.74, 6) is 2.21. The van der Waals surface area contributed by atoms with Gasteiger partial charge in [0.05, 0.1) is 19.0 Å². The Labute approximate surface area is 117 Å². The molecule has 0 fully saturated rings. The molecule has 1 heterocycles. The number of nitrogens with one attached hydrogen (secondary N) is 1. The minimum atomic E-state index is 0.583. The van der Waals surface area contributed by atoms with Gasteiger partial charge in [-0.2, -0.15) is 5.10 Å². The second kappa shape index (κ2) is 8.20. The molecule has 0 aliphatic rings. The third-order valence-corrected chi connectivity index (χ3v) is 3.15. The Bertz CT molecular complexity index is 360. The number of nitrogens with zero attached hydrogens (tertiary/aromatic N) is 2. The summed E-state index contributed by atoms with van der Waals surface area (Å²) in [5, 5.41) is 7.93. The molecule has 4 heteroatoms. The van der Waals surface area contributed by atoms with Gasteiger partial charge in [-0.15, -0.1) is 0 Å². The SMILES string of the molecule is CCCn1ncc(OC)c1CC(C)CNCC(C)C. The van der Waals surface area contributed by atoms with Crippen molar-refractivity contribution in [2.24, 2.45) is 11.8 Å². The maximum absolute atomic E-state index is 5.41. The second-order valence-corrected chi connectivity index (χ2v) is 5.74. The molecule has 4 nitrogen and oxygen atoms in total. The van der Waals surface area contributed by atoms with Crippen molar-refractivity contribution in [3.8, 4) is 5.75 Å². The molecule has 1 atom stereocenters. The van der Waals surface area contributed by atoms with Gasteiger partial charge in [0.2, 0.25) is 0 Å². The van der Waals surface area contributed by atoms with E-state index in [-0.39, 0.29) is 0 Å².